The molecule has 0 saturated carbocycles. The predicted octanol–water partition coefficient (Wildman–Crippen LogP) is 2.90. The molecule has 1 heterocycles. The van der Waals surface area contributed by atoms with Gasteiger partial charge in [-0.25, -0.2) is 9.97 Å². The second-order valence-electron chi connectivity index (χ2n) is 3.55. The van der Waals surface area contributed by atoms with Gasteiger partial charge in [-0.2, -0.15) is 0 Å². The largest absolute Gasteiger partial charge is 0.352 e. The van der Waals surface area contributed by atoms with Crippen LogP contribution in [0.15, 0.2) is 6.07 Å². The summed E-state index contributed by atoms with van der Waals surface area (Å²) >= 11 is 5.88. The van der Waals surface area contributed by atoms with Crippen molar-refractivity contribution in [2.24, 2.45) is 0 Å². The van der Waals surface area contributed by atoms with Crippen molar-refractivity contribution >= 4 is 17.5 Å². The molecule has 1 N–H and O–H groups in total. The molecule has 0 aliphatic heterocycles. The van der Waals surface area contributed by atoms with Gasteiger partial charge in [-0.3, -0.25) is 0 Å². The van der Waals surface area contributed by atoms with E-state index in [0.29, 0.717) is 17.1 Å². The molecule has 0 atom stereocenters. The molecule has 14 heavy (non-hydrogen) atoms. The average Bonchev–Trinajstić information content (AvgIpc) is 2.01. The molecule has 0 amide bonds. The predicted molar refractivity (Wildman–Crippen MR) is 59.8 cm³/mol. The summed E-state index contributed by atoms with van der Waals surface area (Å²) in [5, 5.41) is 3.64. The normalized spacial score (nSPS) is 10.6. The van der Waals surface area contributed by atoms with E-state index in [1.165, 1.54) is 0 Å². The molecular weight excluding hydrogens is 198 g/mol. The zero-order valence-electron chi connectivity index (χ0n) is 8.84. The molecule has 1 rings (SSSR count). The number of rotatable bonds is 4. The Bertz CT molecular complexity index is 299. The summed E-state index contributed by atoms with van der Waals surface area (Å²) in [6.07, 6.45) is 2.00. The Labute approximate surface area is 89.9 Å². The van der Waals surface area contributed by atoms with Crippen LogP contribution in [0.25, 0.3) is 0 Å². The van der Waals surface area contributed by atoms with Gasteiger partial charge in [0.1, 0.15) is 5.15 Å². The number of anilines is 1. The van der Waals surface area contributed by atoms with Gasteiger partial charge in [0.05, 0.1) is 0 Å². The van der Waals surface area contributed by atoms with Crippen LogP contribution in [0.5, 0.6) is 0 Å². The van der Waals surface area contributed by atoms with Gasteiger partial charge >= 0.3 is 0 Å². The highest BCUT2D eigenvalue weighted by atomic mass is 35.5. The number of hydrogen-bond donors (Lipinski definition) is 1. The van der Waals surface area contributed by atoms with Crippen LogP contribution in [0.2, 0.25) is 5.15 Å². The van der Waals surface area contributed by atoms with Gasteiger partial charge in [0.2, 0.25) is 5.95 Å². The van der Waals surface area contributed by atoms with Crippen molar-refractivity contribution in [2.45, 2.75) is 39.7 Å². The van der Waals surface area contributed by atoms with E-state index in [2.05, 4.69) is 22.2 Å². The lowest BCUT2D eigenvalue weighted by molar-refractivity contribution is 0.842. The SMILES string of the molecule is CCCc1cc(Cl)nc(NC(C)C)n1. The third kappa shape index (κ3) is 3.50. The number of hydrogen-bond acceptors (Lipinski definition) is 3. The van der Waals surface area contributed by atoms with Crippen molar-refractivity contribution < 1.29 is 0 Å². The summed E-state index contributed by atoms with van der Waals surface area (Å²) in [7, 11) is 0. The number of halogens is 1. The molecule has 0 fully saturated rings. The summed E-state index contributed by atoms with van der Waals surface area (Å²) in [4.78, 5) is 8.46. The fourth-order valence-corrected chi connectivity index (χ4v) is 1.38. The summed E-state index contributed by atoms with van der Waals surface area (Å²) in [5.74, 6) is 0.621. The zero-order valence-corrected chi connectivity index (χ0v) is 9.60. The molecule has 0 aliphatic rings. The Kier molecular flexibility index (Phi) is 4.14. The molecule has 0 aliphatic carbocycles. The van der Waals surface area contributed by atoms with Crippen LogP contribution in [-0.2, 0) is 6.42 Å². The minimum atomic E-state index is 0.322. The monoisotopic (exact) mass is 213 g/mol. The molecule has 3 nitrogen and oxygen atoms in total. The Morgan fingerprint density at radius 3 is 2.71 bits per heavy atom. The highest BCUT2D eigenvalue weighted by Gasteiger charge is 2.03. The quantitative estimate of drug-likeness (QED) is 0.782. The van der Waals surface area contributed by atoms with E-state index in [9.17, 15) is 0 Å². The fraction of sp³-hybridized carbons (Fsp3) is 0.600. The van der Waals surface area contributed by atoms with E-state index < -0.39 is 0 Å². The minimum absolute atomic E-state index is 0.322. The summed E-state index contributed by atoms with van der Waals surface area (Å²) < 4.78 is 0. The van der Waals surface area contributed by atoms with Gasteiger partial charge in [-0.05, 0) is 26.3 Å². The van der Waals surface area contributed by atoms with E-state index in [1.807, 2.05) is 19.9 Å². The molecule has 1 aromatic heterocycles. The van der Waals surface area contributed by atoms with E-state index >= 15 is 0 Å². The van der Waals surface area contributed by atoms with Gasteiger partial charge in [-0.1, -0.05) is 24.9 Å². The molecule has 0 bridgehead atoms. The molecule has 1 aromatic rings. The Morgan fingerprint density at radius 1 is 1.43 bits per heavy atom. The maximum absolute atomic E-state index is 5.88. The van der Waals surface area contributed by atoms with E-state index in [0.717, 1.165) is 18.5 Å². The Balaban J connectivity index is 2.83. The van der Waals surface area contributed by atoms with Gasteiger partial charge < -0.3 is 5.32 Å². The Morgan fingerprint density at radius 2 is 2.14 bits per heavy atom. The second-order valence-corrected chi connectivity index (χ2v) is 3.94. The van der Waals surface area contributed by atoms with Crippen molar-refractivity contribution in [1.82, 2.24) is 9.97 Å². The van der Waals surface area contributed by atoms with Crippen LogP contribution in [0, 0.1) is 0 Å². The van der Waals surface area contributed by atoms with Crippen LogP contribution >= 0.6 is 11.6 Å². The molecule has 0 saturated heterocycles. The molecule has 0 spiro atoms. The molecule has 4 heteroatoms. The number of aryl methyl sites for hydroxylation is 1. The van der Waals surface area contributed by atoms with Crippen LogP contribution in [0.4, 0.5) is 5.95 Å². The Hall–Kier alpha value is -0.830. The lowest BCUT2D eigenvalue weighted by Crippen LogP contribution is -2.13. The first-order chi connectivity index (χ1) is 6.61. The first-order valence-electron chi connectivity index (χ1n) is 4.91. The van der Waals surface area contributed by atoms with Crippen molar-refractivity contribution in [1.29, 1.82) is 0 Å². The lowest BCUT2D eigenvalue weighted by atomic mass is 10.2. The first-order valence-corrected chi connectivity index (χ1v) is 5.29. The van der Waals surface area contributed by atoms with Crippen molar-refractivity contribution in [3.8, 4) is 0 Å². The molecular formula is C10H16ClN3. The van der Waals surface area contributed by atoms with Gasteiger partial charge in [0.15, 0.2) is 0 Å². The zero-order chi connectivity index (χ0) is 10.6. The first kappa shape index (κ1) is 11.2. The van der Waals surface area contributed by atoms with Crippen LogP contribution in [0.3, 0.4) is 0 Å². The molecule has 0 radical (unpaired) electrons. The van der Waals surface area contributed by atoms with Crippen molar-refractivity contribution in [3.05, 3.63) is 16.9 Å². The van der Waals surface area contributed by atoms with Crippen LogP contribution in [0.1, 0.15) is 32.9 Å². The summed E-state index contributed by atoms with van der Waals surface area (Å²) in [6, 6.07) is 2.14. The summed E-state index contributed by atoms with van der Waals surface area (Å²) in [5.41, 5.74) is 0.996. The smallest absolute Gasteiger partial charge is 0.224 e. The topological polar surface area (TPSA) is 37.8 Å². The molecule has 0 unspecified atom stereocenters. The van der Waals surface area contributed by atoms with E-state index in [1.54, 1.807) is 0 Å². The van der Waals surface area contributed by atoms with Crippen molar-refractivity contribution in [2.75, 3.05) is 5.32 Å². The molecule has 78 valence electrons. The van der Waals surface area contributed by atoms with Crippen molar-refractivity contribution in [3.63, 3.8) is 0 Å². The van der Waals surface area contributed by atoms with E-state index in [-0.39, 0.29) is 0 Å². The number of aromatic nitrogens is 2. The van der Waals surface area contributed by atoms with Crippen LogP contribution < -0.4 is 5.32 Å². The minimum Gasteiger partial charge on any atom is -0.352 e. The third-order valence-corrected chi connectivity index (χ3v) is 1.87. The van der Waals surface area contributed by atoms with E-state index in [4.69, 9.17) is 11.6 Å². The standard InChI is InChI=1S/C10H16ClN3/c1-4-5-8-6-9(11)14-10(13-8)12-7(2)3/h6-7H,4-5H2,1-3H3,(H,12,13,14). The average molecular weight is 214 g/mol. The van der Waals surface area contributed by atoms with Crippen LogP contribution in [-0.4, -0.2) is 16.0 Å². The second kappa shape index (κ2) is 5.15. The highest BCUT2D eigenvalue weighted by molar-refractivity contribution is 6.29. The highest BCUT2D eigenvalue weighted by Crippen LogP contribution is 2.12. The molecule has 0 aromatic carbocycles. The lowest BCUT2D eigenvalue weighted by Gasteiger charge is -2.09. The third-order valence-electron chi connectivity index (χ3n) is 1.67. The van der Waals surface area contributed by atoms with Gasteiger partial charge in [0.25, 0.3) is 0 Å². The fourth-order valence-electron chi connectivity index (χ4n) is 1.17. The number of nitrogens with one attached hydrogen (secondary N) is 1. The van der Waals surface area contributed by atoms with Gasteiger partial charge in [0, 0.05) is 11.7 Å². The maximum atomic E-state index is 5.88. The summed E-state index contributed by atoms with van der Waals surface area (Å²) in [6.45, 7) is 6.21. The number of nitrogens with zero attached hydrogens (tertiary/aromatic N) is 2. The maximum Gasteiger partial charge on any atom is 0.224 e. The van der Waals surface area contributed by atoms with Gasteiger partial charge in [-0.15, -0.1) is 0 Å².